The Kier molecular flexibility index (Phi) is 2.46. The number of alkyl halides is 1. The van der Waals surface area contributed by atoms with Gasteiger partial charge in [-0.25, -0.2) is 9.18 Å². The van der Waals surface area contributed by atoms with Crippen LogP contribution in [0.15, 0.2) is 10.6 Å². The molecule has 1 heterocycles. The van der Waals surface area contributed by atoms with Gasteiger partial charge in [0.25, 0.3) is 11.5 Å². The van der Waals surface area contributed by atoms with E-state index in [0.29, 0.717) is 0 Å². The van der Waals surface area contributed by atoms with Crippen LogP contribution in [0.4, 0.5) is 4.39 Å². The first-order valence-electron chi connectivity index (χ1n) is 3.97. The summed E-state index contributed by atoms with van der Waals surface area (Å²) in [7, 11) is 0. The van der Waals surface area contributed by atoms with Gasteiger partial charge in [-0.05, 0) is 5.16 Å². The molecule has 0 bridgehead atoms. The van der Waals surface area contributed by atoms with Crippen LogP contribution in [0, 0.1) is 5.92 Å². The zero-order chi connectivity index (χ0) is 10.9. The molecule has 78 valence electrons. The number of hydrogen-bond acceptors (Lipinski definition) is 4. The summed E-state index contributed by atoms with van der Waals surface area (Å²) in [6.07, 6.45) is 0. The zero-order valence-corrected chi connectivity index (χ0v) is 7.69. The molecule has 0 aliphatic rings. The second kappa shape index (κ2) is 3.28. The molecular weight excluding hydrogens is 193 g/mol. The van der Waals surface area contributed by atoms with Crippen LogP contribution in [0.25, 0.3) is 0 Å². The Morgan fingerprint density at radius 1 is 1.71 bits per heavy atom. The van der Waals surface area contributed by atoms with Gasteiger partial charge in [-0.3, -0.25) is 0 Å². The highest BCUT2D eigenvalue weighted by atomic mass is 19.1. The predicted octanol–water partition coefficient (Wildman–Crippen LogP) is 1.29. The molecular formula is C8H10FNO4. The van der Waals surface area contributed by atoms with Crippen LogP contribution < -0.4 is 0 Å². The molecule has 0 aliphatic carbocycles. The van der Waals surface area contributed by atoms with Gasteiger partial charge in [-0.15, -0.1) is 0 Å². The van der Waals surface area contributed by atoms with Crippen LogP contribution in [-0.2, 0) is 10.5 Å². The van der Waals surface area contributed by atoms with Crippen molar-refractivity contribution in [3.63, 3.8) is 0 Å². The van der Waals surface area contributed by atoms with E-state index in [-0.39, 0.29) is 0 Å². The Labute approximate surface area is 79.1 Å². The summed E-state index contributed by atoms with van der Waals surface area (Å²) in [5.41, 5.74) is -2.66. The van der Waals surface area contributed by atoms with E-state index in [0.717, 1.165) is 6.07 Å². The van der Waals surface area contributed by atoms with Gasteiger partial charge in [0, 0.05) is 12.0 Å². The molecule has 0 aromatic carbocycles. The Balaban J connectivity index is 3.19. The molecule has 0 saturated carbocycles. The fraction of sp³-hybridized carbons (Fsp3) is 0.500. The molecule has 1 aromatic heterocycles. The molecule has 0 amide bonds. The third-order valence-corrected chi connectivity index (χ3v) is 1.96. The highest BCUT2D eigenvalue weighted by molar-refractivity contribution is 5.78. The summed E-state index contributed by atoms with van der Waals surface area (Å²) >= 11 is 0. The smallest absolute Gasteiger partial charge is 0.349 e. The maximum atomic E-state index is 13.9. The van der Waals surface area contributed by atoms with Crippen molar-refractivity contribution < 1.29 is 23.9 Å². The second-order valence-corrected chi connectivity index (χ2v) is 3.22. The summed E-state index contributed by atoms with van der Waals surface area (Å²) in [6, 6.07) is 0.855. The number of aromatic hydroxyl groups is 1. The van der Waals surface area contributed by atoms with Crippen LogP contribution >= 0.6 is 0 Å². The maximum absolute atomic E-state index is 13.9. The molecule has 1 atom stereocenters. The third kappa shape index (κ3) is 1.43. The molecule has 0 saturated heterocycles. The van der Waals surface area contributed by atoms with E-state index in [2.05, 4.69) is 9.68 Å². The summed E-state index contributed by atoms with van der Waals surface area (Å²) in [6.45, 7) is 2.79. The Morgan fingerprint density at radius 3 is 2.57 bits per heavy atom. The quantitative estimate of drug-likeness (QED) is 0.773. The third-order valence-electron chi connectivity index (χ3n) is 1.96. The minimum absolute atomic E-state index is 0.502. The fourth-order valence-electron chi connectivity index (χ4n) is 1.07. The molecule has 1 aromatic rings. The van der Waals surface area contributed by atoms with Crippen molar-refractivity contribution in [2.45, 2.75) is 19.5 Å². The highest BCUT2D eigenvalue weighted by Crippen LogP contribution is 2.35. The van der Waals surface area contributed by atoms with Crippen LogP contribution in [0.2, 0.25) is 0 Å². The average molecular weight is 203 g/mol. The summed E-state index contributed by atoms with van der Waals surface area (Å²) in [5.74, 6) is -3.53. The lowest BCUT2D eigenvalue weighted by Gasteiger charge is -2.20. The number of halogens is 1. The summed E-state index contributed by atoms with van der Waals surface area (Å²) in [4.78, 5) is 10.7. The van der Waals surface area contributed by atoms with Crippen molar-refractivity contribution in [3.8, 4) is 5.88 Å². The molecule has 6 heteroatoms. The molecule has 1 rings (SSSR count). The van der Waals surface area contributed by atoms with Gasteiger partial charge in [0.15, 0.2) is 5.76 Å². The first-order valence-corrected chi connectivity index (χ1v) is 3.97. The minimum atomic E-state index is -2.66. The lowest BCUT2D eigenvalue weighted by molar-refractivity contribution is -0.157. The topological polar surface area (TPSA) is 83.6 Å². The molecule has 0 radical (unpaired) electrons. The minimum Gasteiger partial charge on any atom is -0.491 e. The average Bonchev–Trinajstić information content (AvgIpc) is 2.49. The van der Waals surface area contributed by atoms with Gasteiger partial charge in [0.1, 0.15) is 0 Å². The van der Waals surface area contributed by atoms with E-state index in [1.165, 1.54) is 13.8 Å². The molecule has 2 N–H and O–H groups in total. The van der Waals surface area contributed by atoms with E-state index in [1.54, 1.807) is 0 Å². The lowest BCUT2D eigenvalue weighted by atomic mass is 9.90. The summed E-state index contributed by atoms with van der Waals surface area (Å²) in [5, 5.41) is 20.6. The van der Waals surface area contributed by atoms with E-state index in [4.69, 9.17) is 10.2 Å². The zero-order valence-electron chi connectivity index (χ0n) is 7.69. The maximum Gasteiger partial charge on any atom is 0.349 e. The first-order chi connectivity index (χ1) is 6.39. The Hall–Kier alpha value is -1.59. The number of carboxylic acid groups (broad SMARTS) is 1. The molecule has 0 fully saturated rings. The van der Waals surface area contributed by atoms with Gasteiger partial charge >= 0.3 is 5.97 Å². The van der Waals surface area contributed by atoms with Crippen molar-refractivity contribution in [3.05, 3.63) is 11.8 Å². The van der Waals surface area contributed by atoms with Gasteiger partial charge in [0.05, 0.1) is 0 Å². The SMILES string of the molecule is CC(C)C(F)(C(=O)O)c1cc(O)no1. The van der Waals surface area contributed by atoms with Gasteiger partial charge in [-0.2, -0.15) is 0 Å². The monoisotopic (exact) mass is 203 g/mol. The van der Waals surface area contributed by atoms with E-state index in [1.807, 2.05) is 0 Å². The predicted molar refractivity (Wildman–Crippen MR) is 43.4 cm³/mol. The highest BCUT2D eigenvalue weighted by Gasteiger charge is 2.48. The molecule has 0 aliphatic heterocycles. The van der Waals surface area contributed by atoms with Gasteiger partial charge in [-0.1, -0.05) is 13.8 Å². The van der Waals surface area contributed by atoms with Crippen LogP contribution in [0.3, 0.4) is 0 Å². The van der Waals surface area contributed by atoms with E-state index >= 15 is 0 Å². The number of carboxylic acids is 1. The standard InChI is InChI=1S/C8H10FNO4/c1-4(2)8(9,7(12)13)5-3-6(11)10-14-5/h3-4H,1-2H3,(H,10,11)(H,12,13). The van der Waals surface area contributed by atoms with Crippen LogP contribution in [0.5, 0.6) is 5.88 Å². The van der Waals surface area contributed by atoms with Crippen LogP contribution in [0.1, 0.15) is 19.6 Å². The first kappa shape index (κ1) is 10.5. The molecule has 5 nitrogen and oxygen atoms in total. The van der Waals surface area contributed by atoms with Gasteiger partial charge < -0.3 is 14.7 Å². The number of nitrogens with zero attached hydrogens (tertiary/aromatic N) is 1. The Bertz CT molecular complexity index is 349. The second-order valence-electron chi connectivity index (χ2n) is 3.22. The lowest BCUT2D eigenvalue weighted by Crippen LogP contribution is -2.35. The largest absolute Gasteiger partial charge is 0.491 e. The van der Waals surface area contributed by atoms with Crippen molar-refractivity contribution >= 4 is 5.97 Å². The number of rotatable bonds is 3. The molecule has 1 unspecified atom stereocenters. The van der Waals surface area contributed by atoms with Gasteiger partial charge in [0.2, 0.25) is 0 Å². The fourth-order valence-corrected chi connectivity index (χ4v) is 1.07. The van der Waals surface area contributed by atoms with Crippen molar-refractivity contribution in [1.82, 2.24) is 5.16 Å². The van der Waals surface area contributed by atoms with E-state index in [9.17, 15) is 9.18 Å². The normalized spacial score (nSPS) is 15.4. The van der Waals surface area contributed by atoms with E-state index < -0.39 is 29.2 Å². The molecule has 14 heavy (non-hydrogen) atoms. The number of hydrogen-bond donors (Lipinski definition) is 2. The Morgan fingerprint density at radius 2 is 2.29 bits per heavy atom. The molecule has 0 spiro atoms. The number of aromatic nitrogens is 1. The van der Waals surface area contributed by atoms with Crippen molar-refractivity contribution in [2.75, 3.05) is 0 Å². The van der Waals surface area contributed by atoms with Crippen molar-refractivity contribution in [2.24, 2.45) is 5.92 Å². The number of carbonyl (C=O) groups is 1. The number of aliphatic carboxylic acids is 1. The van der Waals surface area contributed by atoms with Crippen molar-refractivity contribution in [1.29, 1.82) is 0 Å². The summed E-state index contributed by atoms with van der Waals surface area (Å²) < 4.78 is 18.3. The van der Waals surface area contributed by atoms with Crippen LogP contribution in [-0.4, -0.2) is 21.3 Å².